The Morgan fingerprint density at radius 2 is 1.96 bits per heavy atom. The van der Waals surface area contributed by atoms with Crippen LogP contribution in [0.15, 0.2) is 53.7 Å². The van der Waals surface area contributed by atoms with Crippen LogP contribution in [0.5, 0.6) is 5.75 Å². The Bertz CT molecular complexity index is 1010. The molecule has 3 rings (SSSR count). The first-order chi connectivity index (χ1) is 13.3. The largest absolute Gasteiger partial charge is 0.502 e. The quantitative estimate of drug-likeness (QED) is 0.353. The first kappa shape index (κ1) is 19.2. The lowest BCUT2D eigenvalue weighted by Gasteiger charge is -2.30. The SMILES string of the molecule is CC1=C(C(=O)Nc2ccc(F)cc2)[C@H](c2cccc([N+](=O)[O-])c2O)NC(=S)N1. The van der Waals surface area contributed by atoms with Crippen molar-refractivity contribution in [2.75, 3.05) is 5.32 Å². The van der Waals surface area contributed by atoms with Crippen LogP contribution in [-0.2, 0) is 4.79 Å². The van der Waals surface area contributed by atoms with Crippen molar-refractivity contribution in [2.24, 2.45) is 0 Å². The van der Waals surface area contributed by atoms with Gasteiger partial charge in [-0.2, -0.15) is 0 Å². The number of nitro benzene ring substituents is 1. The Kier molecular flexibility index (Phi) is 5.23. The second-order valence-electron chi connectivity index (χ2n) is 6.00. The third-order valence-electron chi connectivity index (χ3n) is 4.17. The summed E-state index contributed by atoms with van der Waals surface area (Å²) in [5, 5.41) is 30.0. The number of nitro groups is 1. The molecule has 1 heterocycles. The van der Waals surface area contributed by atoms with Crippen LogP contribution in [0.3, 0.4) is 0 Å². The van der Waals surface area contributed by atoms with Gasteiger partial charge in [0.2, 0.25) is 0 Å². The fourth-order valence-corrected chi connectivity index (χ4v) is 3.16. The number of carbonyl (C=O) groups excluding carboxylic acids is 1. The fraction of sp³-hybridized carbons (Fsp3) is 0.111. The first-order valence-corrected chi connectivity index (χ1v) is 8.50. The Balaban J connectivity index is 2.02. The van der Waals surface area contributed by atoms with E-state index < -0.39 is 34.1 Å². The lowest BCUT2D eigenvalue weighted by Crippen LogP contribution is -2.45. The number of para-hydroxylation sites is 1. The third-order valence-corrected chi connectivity index (χ3v) is 4.39. The molecule has 1 amide bonds. The van der Waals surface area contributed by atoms with Gasteiger partial charge in [0.05, 0.1) is 16.5 Å². The maximum Gasteiger partial charge on any atom is 0.311 e. The van der Waals surface area contributed by atoms with E-state index in [2.05, 4.69) is 16.0 Å². The fourth-order valence-electron chi connectivity index (χ4n) is 2.89. The molecule has 28 heavy (non-hydrogen) atoms. The number of allylic oxidation sites excluding steroid dienone is 1. The van der Waals surface area contributed by atoms with E-state index in [1.807, 2.05) is 0 Å². The Hall–Kier alpha value is -3.53. The van der Waals surface area contributed by atoms with Crippen LogP contribution >= 0.6 is 12.2 Å². The lowest BCUT2D eigenvalue weighted by atomic mass is 9.93. The highest BCUT2D eigenvalue weighted by Crippen LogP contribution is 2.38. The van der Waals surface area contributed by atoms with E-state index >= 15 is 0 Å². The molecule has 0 spiro atoms. The highest BCUT2D eigenvalue weighted by molar-refractivity contribution is 7.80. The summed E-state index contributed by atoms with van der Waals surface area (Å²) in [5.41, 5.74) is 0.594. The number of amides is 1. The van der Waals surface area contributed by atoms with Gasteiger partial charge in [-0.05, 0) is 43.4 Å². The number of phenolic OH excluding ortho intramolecular Hbond substituents is 1. The van der Waals surface area contributed by atoms with Crippen LogP contribution in [0.25, 0.3) is 0 Å². The standard InChI is InChI=1S/C18H15FN4O4S/c1-9-14(17(25)21-11-7-5-10(19)6-8-11)15(22-18(28)20-9)12-3-2-4-13(16(12)24)23(26)27/h2-8,15,24H,1H3,(H,21,25)(H2,20,22,28)/t15-/m0/s1. The number of carbonyl (C=O) groups is 1. The molecular weight excluding hydrogens is 387 g/mol. The summed E-state index contributed by atoms with van der Waals surface area (Å²) >= 11 is 5.13. The minimum Gasteiger partial charge on any atom is -0.502 e. The smallest absolute Gasteiger partial charge is 0.311 e. The van der Waals surface area contributed by atoms with Crippen molar-refractivity contribution in [3.8, 4) is 5.75 Å². The molecule has 1 aliphatic heterocycles. The summed E-state index contributed by atoms with van der Waals surface area (Å²) in [7, 11) is 0. The molecule has 0 saturated heterocycles. The number of halogens is 1. The van der Waals surface area contributed by atoms with E-state index in [9.17, 15) is 24.4 Å². The summed E-state index contributed by atoms with van der Waals surface area (Å²) in [6, 6.07) is 8.31. The van der Waals surface area contributed by atoms with Gasteiger partial charge in [-0.1, -0.05) is 12.1 Å². The minimum absolute atomic E-state index is 0.127. The zero-order valence-electron chi connectivity index (χ0n) is 14.5. The number of nitrogens with zero attached hydrogens (tertiary/aromatic N) is 1. The van der Waals surface area contributed by atoms with Crippen LogP contribution in [0, 0.1) is 15.9 Å². The number of nitrogens with one attached hydrogen (secondary N) is 3. The predicted octanol–water partition coefficient (Wildman–Crippen LogP) is 2.87. The highest BCUT2D eigenvalue weighted by atomic mass is 32.1. The highest BCUT2D eigenvalue weighted by Gasteiger charge is 2.33. The van der Waals surface area contributed by atoms with Crippen molar-refractivity contribution >= 4 is 34.6 Å². The molecule has 4 N–H and O–H groups in total. The van der Waals surface area contributed by atoms with Gasteiger partial charge in [-0.25, -0.2) is 4.39 Å². The number of thiocarbonyl (C=S) groups is 1. The second kappa shape index (κ2) is 7.61. The van der Waals surface area contributed by atoms with E-state index in [-0.39, 0.29) is 16.2 Å². The summed E-state index contributed by atoms with van der Waals surface area (Å²) in [5.74, 6) is -1.55. The van der Waals surface area contributed by atoms with Crippen LogP contribution < -0.4 is 16.0 Å². The molecule has 144 valence electrons. The molecule has 0 aromatic heterocycles. The molecule has 0 radical (unpaired) electrons. The summed E-state index contributed by atoms with van der Waals surface area (Å²) in [6.07, 6.45) is 0. The molecule has 0 aliphatic carbocycles. The van der Waals surface area contributed by atoms with Crippen molar-refractivity contribution in [1.29, 1.82) is 0 Å². The van der Waals surface area contributed by atoms with Gasteiger partial charge in [0.1, 0.15) is 5.82 Å². The zero-order chi connectivity index (χ0) is 20.4. The van der Waals surface area contributed by atoms with Crippen molar-refractivity contribution in [3.05, 3.63) is 75.2 Å². The topological polar surface area (TPSA) is 117 Å². The minimum atomic E-state index is -0.922. The molecule has 10 heteroatoms. The molecule has 2 aromatic carbocycles. The number of anilines is 1. The number of hydrogen-bond acceptors (Lipinski definition) is 5. The average Bonchev–Trinajstić information content (AvgIpc) is 2.62. The lowest BCUT2D eigenvalue weighted by molar-refractivity contribution is -0.385. The van der Waals surface area contributed by atoms with Crippen LogP contribution in [0.1, 0.15) is 18.5 Å². The third kappa shape index (κ3) is 3.76. The van der Waals surface area contributed by atoms with E-state index in [0.717, 1.165) is 6.07 Å². The van der Waals surface area contributed by atoms with Crippen LogP contribution in [0.4, 0.5) is 15.8 Å². The number of rotatable bonds is 4. The zero-order valence-corrected chi connectivity index (χ0v) is 15.3. The maximum atomic E-state index is 13.1. The molecule has 0 saturated carbocycles. The second-order valence-corrected chi connectivity index (χ2v) is 6.41. The van der Waals surface area contributed by atoms with Gasteiger partial charge in [-0.15, -0.1) is 0 Å². The summed E-state index contributed by atoms with van der Waals surface area (Å²) < 4.78 is 13.1. The normalized spacial score (nSPS) is 16.2. The van der Waals surface area contributed by atoms with Crippen LogP contribution in [0.2, 0.25) is 0 Å². The molecule has 0 fully saturated rings. The van der Waals surface area contributed by atoms with E-state index in [1.165, 1.54) is 36.4 Å². The Morgan fingerprint density at radius 3 is 2.61 bits per heavy atom. The van der Waals surface area contributed by atoms with E-state index in [4.69, 9.17) is 12.2 Å². The predicted molar refractivity (Wildman–Crippen MR) is 104 cm³/mol. The molecule has 0 unspecified atom stereocenters. The number of benzene rings is 2. The average molecular weight is 402 g/mol. The number of phenols is 1. The van der Waals surface area contributed by atoms with Crippen LogP contribution in [-0.4, -0.2) is 21.0 Å². The van der Waals surface area contributed by atoms with Gasteiger partial charge in [-0.3, -0.25) is 14.9 Å². The van der Waals surface area contributed by atoms with E-state index in [0.29, 0.717) is 11.4 Å². The summed E-state index contributed by atoms with van der Waals surface area (Å²) in [6.45, 7) is 1.62. The van der Waals surface area contributed by atoms with Gasteiger partial charge in [0.25, 0.3) is 5.91 Å². The van der Waals surface area contributed by atoms with Crippen molar-refractivity contribution in [2.45, 2.75) is 13.0 Å². The molecular formula is C18H15FN4O4S. The molecule has 1 atom stereocenters. The Labute approximate surface area is 164 Å². The van der Waals surface area contributed by atoms with Crippen molar-refractivity contribution in [3.63, 3.8) is 0 Å². The van der Waals surface area contributed by atoms with E-state index in [1.54, 1.807) is 6.92 Å². The van der Waals surface area contributed by atoms with Gasteiger partial charge < -0.3 is 21.1 Å². The Morgan fingerprint density at radius 1 is 1.29 bits per heavy atom. The number of aromatic hydroxyl groups is 1. The van der Waals surface area contributed by atoms with Crippen molar-refractivity contribution in [1.82, 2.24) is 10.6 Å². The van der Waals surface area contributed by atoms with Gasteiger partial charge in [0, 0.05) is 23.0 Å². The molecule has 2 aromatic rings. The maximum absolute atomic E-state index is 13.1. The summed E-state index contributed by atoms with van der Waals surface area (Å²) in [4.78, 5) is 23.3. The van der Waals surface area contributed by atoms with Gasteiger partial charge in [0.15, 0.2) is 10.9 Å². The monoisotopic (exact) mass is 402 g/mol. The molecule has 1 aliphatic rings. The van der Waals surface area contributed by atoms with Gasteiger partial charge >= 0.3 is 5.69 Å². The molecule has 8 nitrogen and oxygen atoms in total. The first-order valence-electron chi connectivity index (χ1n) is 8.09. The number of hydrogen-bond donors (Lipinski definition) is 4. The van der Waals surface area contributed by atoms with Crippen molar-refractivity contribution < 1.29 is 19.2 Å². The molecule has 0 bridgehead atoms.